The molecule has 8 heteroatoms. The minimum atomic E-state index is -4.71. The summed E-state index contributed by atoms with van der Waals surface area (Å²) < 4.78 is 43.8. The monoisotopic (exact) mass is 441 g/mol. The van der Waals surface area contributed by atoms with E-state index in [2.05, 4.69) is 9.97 Å². The molecule has 0 saturated heterocycles. The molecule has 4 aromatic rings. The molecule has 0 bridgehead atoms. The highest BCUT2D eigenvalue weighted by Gasteiger charge is 2.36. The Morgan fingerprint density at radius 3 is 2.45 bits per heavy atom. The van der Waals surface area contributed by atoms with Crippen molar-refractivity contribution in [1.82, 2.24) is 14.5 Å². The highest BCUT2D eigenvalue weighted by molar-refractivity contribution is 7.71. The summed E-state index contributed by atoms with van der Waals surface area (Å²) in [6.45, 7) is 0. The summed E-state index contributed by atoms with van der Waals surface area (Å²) in [4.78, 5) is 19.6. The van der Waals surface area contributed by atoms with Crippen molar-refractivity contribution in [2.45, 2.75) is 37.9 Å². The topological polar surface area (TPSA) is 50.7 Å². The number of halogens is 3. The van der Waals surface area contributed by atoms with E-state index < -0.39 is 22.7 Å². The fourth-order valence-corrected chi connectivity index (χ4v) is 4.80. The molecule has 0 atom stereocenters. The first kappa shape index (κ1) is 19.9. The molecule has 1 N–H and O–H groups in total. The lowest BCUT2D eigenvalue weighted by molar-refractivity contribution is -0.136. The summed E-state index contributed by atoms with van der Waals surface area (Å²) in [6.07, 6.45) is -1.21. The molecule has 1 saturated carbocycles. The third-order valence-corrected chi connectivity index (χ3v) is 6.23. The van der Waals surface area contributed by atoms with Crippen molar-refractivity contribution < 1.29 is 13.2 Å². The maximum Gasteiger partial charge on any atom is 0.417 e. The van der Waals surface area contributed by atoms with Crippen LogP contribution in [-0.4, -0.2) is 14.5 Å². The number of nitrogens with zero attached hydrogens (tertiary/aromatic N) is 2. The summed E-state index contributed by atoms with van der Waals surface area (Å²) in [6, 6.07) is 13.9. The summed E-state index contributed by atoms with van der Waals surface area (Å²) >= 11 is 5.35. The lowest BCUT2D eigenvalue weighted by Crippen LogP contribution is -2.22. The van der Waals surface area contributed by atoms with Crippen LogP contribution in [0.4, 0.5) is 13.2 Å². The van der Waals surface area contributed by atoms with Gasteiger partial charge < -0.3 is 0 Å². The van der Waals surface area contributed by atoms with Gasteiger partial charge in [0.25, 0.3) is 5.56 Å². The minimum absolute atomic E-state index is 0.00127. The second-order valence-corrected chi connectivity index (χ2v) is 8.27. The van der Waals surface area contributed by atoms with Gasteiger partial charge in [-0.05, 0) is 48.0 Å². The number of benzene rings is 2. The number of H-pyrrole nitrogens is 1. The second kappa shape index (κ2) is 7.30. The molecule has 2 aromatic heterocycles. The average molecular weight is 441 g/mol. The van der Waals surface area contributed by atoms with Crippen LogP contribution in [0.25, 0.3) is 33.1 Å². The Morgan fingerprint density at radius 2 is 1.74 bits per heavy atom. The van der Waals surface area contributed by atoms with E-state index in [0.29, 0.717) is 5.56 Å². The van der Waals surface area contributed by atoms with E-state index in [9.17, 15) is 18.0 Å². The second-order valence-electron chi connectivity index (χ2n) is 7.88. The van der Waals surface area contributed by atoms with Gasteiger partial charge in [0.15, 0.2) is 4.77 Å². The molecule has 4 nitrogen and oxygen atoms in total. The van der Waals surface area contributed by atoms with Crippen LogP contribution in [0.2, 0.25) is 0 Å². The molecule has 0 radical (unpaired) electrons. The largest absolute Gasteiger partial charge is 0.417 e. The van der Waals surface area contributed by atoms with Crippen LogP contribution < -0.4 is 5.56 Å². The van der Waals surface area contributed by atoms with E-state index in [-0.39, 0.29) is 22.2 Å². The van der Waals surface area contributed by atoms with Gasteiger partial charge in [0, 0.05) is 11.6 Å². The molecule has 1 fully saturated rings. The van der Waals surface area contributed by atoms with Crippen LogP contribution in [0.5, 0.6) is 0 Å². The molecule has 5 rings (SSSR count). The standard InChI is InChI=1S/C23H18F3N3OS/c24-23(25,26)17-12-18(15-10-9-13-5-1-2-6-14(13)11-15)27-20-19(17)21(30)28-22(31)29(20)16-7-3-4-8-16/h1-2,5-6,9-12,16H,3-4,7-8H2,(H,28,30,31). The molecule has 0 aliphatic heterocycles. The Balaban J connectivity index is 1.86. The van der Waals surface area contributed by atoms with E-state index in [0.717, 1.165) is 42.5 Å². The minimum Gasteiger partial charge on any atom is -0.299 e. The van der Waals surface area contributed by atoms with Gasteiger partial charge in [-0.25, -0.2) is 4.98 Å². The Hall–Kier alpha value is -3.00. The molecule has 0 unspecified atom stereocenters. The van der Waals surface area contributed by atoms with Gasteiger partial charge in [-0.2, -0.15) is 13.2 Å². The van der Waals surface area contributed by atoms with Gasteiger partial charge in [-0.1, -0.05) is 49.2 Å². The van der Waals surface area contributed by atoms with Crippen molar-refractivity contribution in [3.8, 4) is 11.3 Å². The Bertz CT molecular complexity index is 1430. The number of nitrogens with one attached hydrogen (secondary N) is 1. The summed E-state index contributed by atoms with van der Waals surface area (Å²) in [5.74, 6) is 0. The number of hydrogen-bond acceptors (Lipinski definition) is 3. The van der Waals surface area contributed by atoms with Gasteiger partial charge in [0.05, 0.1) is 16.6 Å². The van der Waals surface area contributed by atoms with Crippen LogP contribution in [0.15, 0.2) is 53.3 Å². The van der Waals surface area contributed by atoms with Crippen LogP contribution in [0.3, 0.4) is 0 Å². The third-order valence-electron chi connectivity index (χ3n) is 5.94. The SMILES string of the molecule is O=c1[nH]c(=S)n(C2CCCC2)c2nc(-c3ccc4ccccc4c3)cc(C(F)(F)F)c12. The average Bonchev–Trinajstić information content (AvgIpc) is 3.26. The van der Waals surface area contributed by atoms with Crippen LogP contribution in [0.1, 0.15) is 37.3 Å². The van der Waals surface area contributed by atoms with Crippen LogP contribution in [0, 0.1) is 4.77 Å². The summed E-state index contributed by atoms with van der Waals surface area (Å²) in [5, 5.41) is 1.42. The number of rotatable bonds is 2. The zero-order chi connectivity index (χ0) is 21.8. The van der Waals surface area contributed by atoms with Gasteiger partial charge in [-0.15, -0.1) is 0 Å². The van der Waals surface area contributed by atoms with Gasteiger partial charge in [0.2, 0.25) is 0 Å². The van der Waals surface area contributed by atoms with Crippen molar-refractivity contribution in [2.24, 2.45) is 0 Å². The first-order valence-electron chi connectivity index (χ1n) is 10.1. The number of pyridine rings is 1. The smallest absolute Gasteiger partial charge is 0.299 e. The molecule has 0 spiro atoms. The molecule has 0 amide bonds. The zero-order valence-corrected chi connectivity index (χ0v) is 17.2. The van der Waals surface area contributed by atoms with Gasteiger partial charge in [-0.3, -0.25) is 14.3 Å². The first-order chi connectivity index (χ1) is 14.8. The van der Waals surface area contributed by atoms with E-state index >= 15 is 0 Å². The first-order valence-corrected chi connectivity index (χ1v) is 10.5. The molecule has 1 aliphatic carbocycles. The van der Waals surface area contributed by atoms with Gasteiger partial charge in [0.1, 0.15) is 5.65 Å². The summed E-state index contributed by atoms with van der Waals surface area (Å²) in [5.41, 5.74) is -1.14. The quantitative estimate of drug-likeness (QED) is 0.366. The number of hydrogen-bond donors (Lipinski definition) is 1. The Labute approximate surface area is 180 Å². The maximum absolute atomic E-state index is 14.0. The van der Waals surface area contributed by atoms with Crippen LogP contribution in [-0.2, 0) is 6.18 Å². The summed E-state index contributed by atoms with van der Waals surface area (Å²) in [7, 11) is 0. The zero-order valence-electron chi connectivity index (χ0n) is 16.4. The molecule has 31 heavy (non-hydrogen) atoms. The van der Waals surface area contributed by atoms with Crippen molar-refractivity contribution >= 4 is 34.0 Å². The van der Waals surface area contributed by atoms with Gasteiger partial charge >= 0.3 is 6.18 Å². The molecule has 1 aliphatic rings. The van der Waals surface area contributed by atoms with Crippen molar-refractivity contribution in [3.05, 3.63) is 69.2 Å². The van der Waals surface area contributed by atoms with E-state index in [1.165, 1.54) is 0 Å². The van der Waals surface area contributed by atoms with Crippen molar-refractivity contribution in [1.29, 1.82) is 0 Å². The van der Waals surface area contributed by atoms with E-state index in [1.54, 1.807) is 10.6 Å². The predicted molar refractivity (Wildman–Crippen MR) is 117 cm³/mol. The molecule has 2 aromatic carbocycles. The highest BCUT2D eigenvalue weighted by Crippen LogP contribution is 2.38. The fraction of sp³-hybridized carbons (Fsp3) is 0.261. The Morgan fingerprint density at radius 1 is 1.03 bits per heavy atom. The molecule has 2 heterocycles. The van der Waals surface area contributed by atoms with E-state index in [4.69, 9.17) is 12.2 Å². The number of aromatic amines is 1. The molecular formula is C23H18F3N3OS. The van der Waals surface area contributed by atoms with Crippen molar-refractivity contribution in [3.63, 3.8) is 0 Å². The highest BCUT2D eigenvalue weighted by atomic mass is 32.1. The lowest BCUT2D eigenvalue weighted by atomic mass is 10.0. The van der Waals surface area contributed by atoms with Crippen LogP contribution >= 0.6 is 12.2 Å². The number of fused-ring (bicyclic) bond motifs is 2. The maximum atomic E-state index is 14.0. The Kier molecular flexibility index (Phi) is 4.69. The van der Waals surface area contributed by atoms with Crippen molar-refractivity contribution in [2.75, 3.05) is 0 Å². The predicted octanol–water partition coefficient (Wildman–Crippen LogP) is 6.41. The molecular weight excluding hydrogens is 423 g/mol. The fourth-order valence-electron chi connectivity index (χ4n) is 4.47. The lowest BCUT2D eigenvalue weighted by Gasteiger charge is -2.20. The molecule has 158 valence electrons. The number of aromatic nitrogens is 3. The number of alkyl halides is 3. The normalized spacial score (nSPS) is 15.2. The van der Waals surface area contributed by atoms with E-state index in [1.807, 2.05) is 36.4 Å². The third kappa shape index (κ3) is 3.44.